The monoisotopic (exact) mass is 432 g/mol. The molecule has 1 aliphatic rings. The fraction of sp³-hybridized carbons (Fsp3) is 0.286. The molecular formula is C21H21ClN2O4S. The fourth-order valence-electron chi connectivity index (χ4n) is 2.86. The Bertz CT molecular complexity index is 918. The Labute approximate surface area is 179 Å². The number of rotatable bonds is 8. The summed E-state index contributed by atoms with van der Waals surface area (Å²) in [6.45, 7) is 7.31. The first-order valence-corrected chi connectivity index (χ1v) is 10.2. The van der Waals surface area contributed by atoms with Crippen LogP contribution in [0.15, 0.2) is 58.8 Å². The smallest absolute Gasteiger partial charge is 0.337 e. The number of halogens is 1. The third-order valence-electron chi connectivity index (χ3n) is 4.06. The SMILES string of the molecule is C=CCOC(=O)C1=C(C)NC(SCC(=O)OCC)=C(C#N)[C@H]1c1ccccc1Cl. The van der Waals surface area contributed by atoms with Gasteiger partial charge in [0.25, 0.3) is 0 Å². The number of thioether (sulfide) groups is 1. The maximum absolute atomic E-state index is 12.8. The second kappa shape index (κ2) is 10.7. The summed E-state index contributed by atoms with van der Waals surface area (Å²) in [5.41, 5.74) is 1.70. The summed E-state index contributed by atoms with van der Waals surface area (Å²) in [5.74, 6) is -1.66. The first-order valence-electron chi connectivity index (χ1n) is 8.87. The van der Waals surface area contributed by atoms with Crippen molar-refractivity contribution in [2.45, 2.75) is 19.8 Å². The van der Waals surface area contributed by atoms with E-state index >= 15 is 0 Å². The molecule has 0 bridgehead atoms. The Kier molecular flexibility index (Phi) is 8.37. The highest BCUT2D eigenvalue weighted by Crippen LogP contribution is 2.43. The van der Waals surface area contributed by atoms with Crippen LogP contribution < -0.4 is 5.32 Å². The van der Waals surface area contributed by atoms with Gasteiger partial charge in [-0.1, -0.05) is 54.2 Å². The predicted molar refractivity (Wildman–Crippen MR) is 113 cm³/mol. The molecule has 0 radical (unpaired) electrons. The number of benzene rings is 1. The van der Waals surface area contributed by atoms with E-state index in [-0.39, 0.29) is 30.1 Å². The number of nitriles is 1. The molecule has 1 atom stereocenters. The lowest BCUT2D eigenvalue weighted by Crippen LogP contribution is -2.29. The molecule has 0 saturated carbocycles. The van der Waals surface area contributed by atoms with Crippen molar-refractivity contribution >= 4 is 35.3 Å². The first kappa shape index (κ1) is 22.6. The van der Waals surface area contributed by atoms with Crippen molar-refractivity contribution in [2.24, 2.45) is 0 Å². The van der Waals surface area contributed by atoms with Crippen LogP contribution in [0.25, 0.3) is 0 Å². The van der Waals surface area contributed by atoms with E-state index in [4.69, 9.17) is 21.1 Å². The largest absolute Gasteiger partial charge is 0.465 e. The average Bonchev–Trinajstić information content (AvgIpc) is 2.70. The minimum absolute atomic E-state index is 0.0279. The van der Waals surface area contributed by atoms with E-state index in [0.29, 0.717) is 21.3 Å². The Morgan fingerprint density at radius 3 is 2.72 bits per heavy atom. The average molecular weight is 433 g/mol. The molecule has 1 N–H and O–H groups in total. The van der Waals surface area contributed by atoms with E-state index in [0.717, 1.165) is 11.8 Å². The summed E-state index contributed by atoms with van der Waals surface area (Å²) < 4.78 is 10.2. The van der Waals surface area contributed by atoms with Gasteiger partial charge in [-0.15, -0.1) is 0 Å². The van der Waals surface area contributed by atoms with Crippen molar-refractivity contribution in [1.82, 2.24) is 5.32 Å². The molecular weight excluding hydrogens is 412 g/mol. The second-order valence-corrected chi connectivity index (χ2v) is 7.35. The van der Waals surface area contributed by atoms with Crippen molar-refractivity contribution < 1.29 is 19.1 Å². The lowest BCUT2D eigenvalue weighted by molar-refractivity contribution is -0.140. The highest BCUT2D eigenvalue weighted by Gasteiger charge is 2.36. The third kappa shape index (κ3) is 5.43. The van der Waals surface area contributed by atoms with Gasteiger partial charge >= 0.3 is 11.9 Å². The summed E-state index contributed by atoms with van der Waals surface area (Å²) in [6, 6.07) is 9.18. The minimum Gasteiger partial charge on any atom is -0.465 e. The van der Waals surface area contributed by atoms with Crippen LogP contribution in [0, 0.1) is 11.3 Å². The number of esters is 2. The lowest BCUT2D eigenvalue weighted by atomic mass is 9.82. The number of hydrogen-bond acceptors (Lipinski definition) is 7. The quantitative estimate of drug-likeness (QED) is 0.489. The highest BCUT2D eigenvalue weighted by atomic mass is 35.5. The van der Waals surface area contributed by atoms with Crippen LogP contribution >= 0.6 is 23.4 Å². The molecule has 1 aliphatic heterocycles. The van der Waals surface area contributed by atoms with Crippen LogP contribution in [0.1, 0.15) is 25.3 Å². The van der Waals surface area contributed by atoms with Gasteiger partial charge in [-0.2, -0.15) is 5.26 Å². The van der Waals surface area contributed by atoms with Crippen LogP contribution in [-0.4, -0.2) is 30.9 Å². The molecule has 1 aromatic carbocycles. The first-order chi connectivity index (χ1) is 13.9. The number of ether oxygens (including phenoxy) is 2. The van der Waals surface area contributed by atoms with Crippen LogP contribution in [0.5, 0.6) is 0 Å². The molecule has 0 amide bonds. The normalized spacial score (nSPS) is 16.0. The Morgan fingerprint density at radius 1 is 1.38 bits per heavy atom. The van der Waals surface area contributed by atoms with Gasteiger partial charge in [0.15, 0.2) is 0 Å². The molecule has 1 heterocycles. The number of nitrogens with zero attached hydrogens (tertiary/aromatic N) is 1. The summed E-state index contributed by atoms with van der Waals surface area (Å²) in [4.78, 5) is 24.5. The van der Waals surface area contributed by atoms with Gasteiger partial charge in [0.2, 0.25) is 0 Å². The molecule has 6 nitrogen and oxygen atoms in total. The Morgan fingerprint density at radius 2 is 2.10 bits per heavy atom. The number of allylic oxidation sites excluding steroid dienone is 2. The zero-order valence-electron chi connectivity index (χ0n) is 16.2. The van der Waals surface area contributed by atoms with Gasteiger partial charge in [-0.3, -0.25) is 4.79 Å². The van der Waals surface area contributed by atoms with Gasteiger partial charge in [-0.25, -0.2) is 4.79 Å². The van der Waals surface area contributed by atoms with Gasteiger partial charge in [0.05, 0.1) is 40.5 Å². The van der Waals surface area contributed by atoms with E-state index in [1.807, 2.05) is 0 Å². The molecule has 0 spiro atoms. The maximum atomic E-state index is 12.8. The number of carbonyl (C=O) groups is 2. The van der Waals surface area contributed by atoms with Crippen molar-refractivity contribution in [3.63, 3.8) is 0 Å². The predicted octanol–water partition coefficient (Wildman–Crippen LogP) is 4.06. The van der Waals surface area contributed by atoms with E-state index in [2.05, 4.69) is 18.0 Å². The molecule has 8 heteroatoms. The van der Waals surface area contributed by atoms with Crippen molar-refractivity contribution in [2.75, 3.05) is 19.0 Å². The van der Waals surface area contributed by atoms with Crippen LogP contribution in [-0.2, 0) is 19.1 Å². The van der Waals surface area contributed by atoms with Crippen molar-refractivity contribution in [3.05, 3.63) is 69.4 Å². The van der Waals surface area contributed by atoms with Crippen LogP contribution in [0.4, 0.5) is 0 Å². The molecule has 1 aromatic rings. The van der Waals surface area contributed by atoms with Gasteiger partial charge in [-0.05, 0) is 25.5 Å². The van der Waals surface area contributed by atoms with Gasteiger partial charge < -0.3 is 14.8 Å². The zero-order valence-corrected chi connectivity index (χ0v) is 17.7. The van der Waals surface area contributed by atoms with Gasteiger partial charge in [0.1, 0.15) is 6.61 Å². The zero-order chi connectivity index (χ0) is 21.4. The summed E-state index contributed by atoms with van der Waals surface area (Å²) in [5, 5.41) is 13.9. The number of hydrogen-bond donors (Lipinski definition) is 1. The van der Waals surface area contributed by atoms with Crippen LogP contribution in [0.3, 0.4) is 0 Å². The third-order valence-corrected chi connectivity index (χ3v) is 5.39. The van der Waals surface area contributed by atoms with Crippen LogP contribution in [0.2, 0.25) is 5.02 Å². The summed E-state index contributed by atoms with van der Waals surface area (Å²) in [7, 11) is 0. The van der Waals surface area contributed by atoms with Crippen molar-refractivity contribution in [1.29, 1.82) is 5.26 Å². The standard InChI is InChI=1S/C21H21ClN2O4S/c1-4-10-28-21(26)18-13(3)24-20(29-12-17(25)27-5-2)15(11-23)19(18)14-8-6-7-9-16(14)22/h4,6-9,19,24H,1,5,10,12H2,2-3H3/t19-/m1/s1. The van der Waals surface area contributed by atoms with E-state index < -0.39 is 17.9 Å². The lowest BCUT2D eigenvalue weighted by Gasteiger charge is -2.29. The molecule has 0 fully saturated rings. The molecule has 0 aliphatic carbocycles. The van der Waals surface area contributed by atoms with E-state index in [9.17, 15) is 14.9 Å². The molecule has 0 unspecified atom stereocenters. The summed E-state index contributed by atoms with van der Waals surface area (Å²) in [6.07, 6.45) is 1.47. The second-order valence-electron chi connectivity index (χ2n) is 5.95. The molecule has 0 aromatic heterocycles. The molecule has 29 heavy (non-hydrogen) atoms. The number of carbonyl (C=O) groups excluding carboxylic acids is 2. The fourth-order valence-corrected chi connectivity index (χ4v) is 4.00. The highest BCUT2D eigenvalue weighted by molar-refractivity contribution is 8.03. The molecule has 152 valence electrons. The maximum Gasteiger partial charge on any atom is 0.337 e. The van der Waals surface area contributed by atoms with Crippen molar-refractivity contribution in [3.8, 4) is 6.07 Å². The van der Waals surface area contributed by atoms with E-state index in [1.165, 1.54) is 6.08 Å². The number of nitrogens with one attached hydrogen (secondary N) is 1. The number of dihydropyridines is 1. The molecule has 2 rings (SSSR count). The Hall–Kier alpha value is -2.69. The minimum atomic E-state index is -0.725. The summed E-state index contributed by atoms with van der Waals surface area (Å²) >= 11 is 7.54. The van der Waals surface area contributed by atoms with E-state index in [1.54, 1.807) is 38.1 Å². The van der Waals surface area contributed by atoms with Gasteiger partial charge in [0, 0.05) is 10.7 Å². The topological polar surface area (TPSA) is 88.4 Å². The molecule has 0 saturated heterocycles. The Balaban J connectivity index is 2.52.